The number of hydrogen-bond donors (Lipinski definition) is 3. The molecule has 0 saturated carbocycles. The van der Waals surface area contributed by atoms with E-state index in [4.69, 9.17) is 5.73 Å². The molecule has 2 rings (SSSR count). The maximum absolute atomic E-state index is 9.71. The van der Waals surface area contributed by atoms with Crippen molar-refractivity contribution in [1.82, 2.24) is 0 Å². The minimum atomic E-state index is 0.0820. The molecule has 0 aliphatic heterocycles. The molecule has 0 bridgehead atoms. The van der Waals surface area contributed by atoms with E-state index < -0.39 is 0 Å². The van der Waals surface area contributed by atoms with Gasteiger partial charge in [-0.3, -0.25) is 0 Å². The molecule has 2 aromatic carbocycles. The molecule has 0 spiro atoms. The summed E-state index contributed by atoms with van der Waals surface area (Å²) in [5, 5.41) is 18.9. The van der Waals surface area contributed by atoms with Gasteiger partial charge in [0.25, 0.3) is 0 Å². The van der Waals surface area contributed by atoms with Crippen LogP contribution in [0.5, 0.6) is 11.5 Å². The van der Waals surface area contributed by atoms with Crippen molar-refractivity contribution in [3.63, 3.8) is 0 Å². The lowest BCUT2D eigenvalue weighted by Crippen LogP contribution is -2.02. The fourth-order valence-corrected chi connectivity index (χ4v) is 2.03. The van der Waals surface area contributed by atoms with Crippen molar-refractivity contribution in [3.8, 4) is 11.5 Å². The molecule has 0 fully saturated rings. The van der Waals surface area contributed by atoms with Gasteiger partial charge in [0.15, 0.2) is 0 Å². The summed E-state index contributed by atoms with van der Waals surface area (Å²) in [7, 11) is 0. The molecule has 0 aliphatic rings. The second-order valence-corrected chi connectivity index (χ2v) is 4.29. The lowest BCUT2D eigenvalue weighted by atomic mass is 9.99. The summed E-state index contributed by atoms with van der Waals surface area (Å²) in [4.78, 5) is 0. The van der Waals surface area contributed by atoms with Gasteiger partial charge < -0.3 is 15.9 Å². The highest BCUT2D eigenvalue weighted by atomic mass is 16.3. The average Bonchev–Trinajstić information content (AvgIpc) is 2.38. The van der Waals surface area contributed by atoms with Gasteiger partial charge in [0.1, 0.15) is 11.5 Å². The Morgan fingerprint density at radius 3 is 2.17 bits per heavy atom. The molecule has 0 unspecified atom stereocenters. The summed E-state index contributed by atoms with van der Waals surface area (Å²) in [6.45, 7) is 0.526. The Morgan fingerprint density at radius 2 is 1.50 bits per heavy atom. The number of nitrogens with two attached hydrogens (primary N) is 1. The number of phenols is 2. The van der Waals surface area contributed by atoms with Gasteiger partial charge in [-0.25, -0.2) is 0 Å². The smallest absolute Gasteiger partial charge is 0.122 e. The van der Waals surface area contributed by atoms with Crippen molar-refractivity contribution >= 4 is 0 Å². The van der Waals surface area contributed by atoms with Gasteiger partial charge in [-0.1, -0.05) is 30.3 Å². The van der Waals surface area contributed by atoms with Gasteiger partial charge in [0.2, 0.25) is 0 Å². The standard InChI is InChI=1S/C15H17NO2/c16-10-13-4-2-1-3-11(13)5-6-12-7-8-14(17)9-15(12)18/h1-4,7-9,17-18H,5-6,10,16H2. The zero-order chi connectivity index (χ0) is 13.0. The van der Waals surface area contributed by atoms with Crippen LogP contribution in [0.3, 0.4) is 0 Å². The summed E-state index contributed by atoms with van der Waals surface area (Å²) in [6.07, 6.45) is 1.55. The monoisotopic (exact) mass is 243 g/mol. The molecule has 4 N–H and O–H groups in total. The molecule has 0 saturated heterocycles. The highest BCUT2D eigenvalue weighted by Gasteiger charge is 2.05. The average molecular weight is 243 g/mol. The van der Waals surface area contributed by atoms with E-state index in [-0.39, 0.29) is 11.5 Å². The lowest BCUT2D eigenvalue weighted by molar-refractivity contribution is 0.446. The van der Waals surface area contributed by atoms with E-state index in [2.05, 4.69) is 6.07 Å². The van der Waals surface area contributed by atoms with Crippen LogP contribution < -0.4 is 5.73 Å². The molecule has 2 aromatic rings. The van der Waals surface area contributed by atoms with Crippen LogP contribution >= 0.6 is 0 Å². The maximum Gasteiger partial charge on any atom is 0.122 e. The third-order valence-electron chi connectivity index (χ3n) is 3.07. The summed E-state index contributed by atoms with van der Waals surface area (Å²) < 4.78 is 0. The van der Waals surface area contributed by atoms with Crippen LogP contribution in [0.4, 0.5) is 0 Å². The predicted molar refractivity (Wildman–Crippen MR) is 71.5 cm³/mol. The van der Waals surface area contributed by atoms with Crippen molar-refractivity contribution in [2.75, 3.05) is 0 Å². The van der Waals surface area contributed by atoms with Crippen molar-refractivity contribution in [1.29, 1.82) is 0 Å². The van der Waals surface area contributed by atoms with E-state index in [1.807, 2.05) is 18.2 Å². The van der Waals surface area contributed by atoms with Gasteiger partial charge >= 0.3 is 0 Å². The van der Waals surface area contributed by atoms with E-state index in [9.17, 15) is 10.2 Å². The van der Waals surface area contributed by atoms with Crippen molar-refractivity contribution < 1.29 is 10.2 Å². The predicted octanol–water partition coefficient (Wildman–Crippen LogP) is 2.34. The molecular formula is C15H17NO2. The van der Waals surface area contributed by atoms with Crippen LogP contribution in [0.1, 0.15) is 16.7 Å². The molecule has 3 nitrogen and oxygen atoms in total. The van der Waals surface area contributed by atoms with Crippen molar-refractivity contribution in [2.24, 2.45) is 5.73 Å². The van der Waals surface area contributed by atoms with Crippen LogP contribution in [0.2, 0.25) is 0 Å². The van der Waals surface area contributed by atoms with Gasteiger partial charge in [-0.05, 0) is 35.6 Å². The topological polar surface area (TPSA) is 66.5 Å². The minimum Gasteiger partial charge on any atom is -0.508 e. The number of rotatable bonds is 4. The summed E-state index contributed by atoms with van der Waals surface area (Å²) >= 11 is 0. The first-order valence-corrected chi connectivity index (χ1v) is 5.98. The second-order valence-electron chi connectivity index (χ2n) is 4.29. The van der Waals surface area contributed by atoms with Crippen LogP contribution in [-0.4, -0.2) is 10.2 Å². The fraction of sp³-hybridized carbons (Fsp3) is 0.200. The van der Waals surface area contributed by atoms with Gasteiger partial charge in [-0.2, -0.15) is 0 Å². The molecule has 18 heavy (non-hydrogen) atoms. The summed E-state index contributed by atoms with van der Waals surface area (Å²) in [5.41, 5.74) is 8.86. The zero-order valence-electron chi connectivity index (χ0n) is 10.1. The zero-order valence-corrected chi connectivity index (χ0v) is 10.1. The second kappa shape index (κ2) is 5.56. The highest BCUT2D eigenvalue weighted by Crippen LogP contribution is 2.24. The lowest BCUT2D eigenvalue weighted by Gasteiger charge is -2.08. The quantitative estimate of drug-likeness (QED) is 0.772. The Hall–Kier alpha value is -2.00. The SMILES string of the molecule is NCc1ccccc1CCc1ccc(O)cc1O. The summed E-state index contributed by atoms with van der Waals surface area (Å²) in [6, 6.07) is 12.7. The molecule has 94 valence electrons. The normalized spacial score (nSPS) is 10.5. The first-order chi connectivity index (χ1) is 8.70. The van der Waals surface area contributed by atoms with Gasteiger partial charge in [-0.15, -0.1) is 0 Å². The molecule has 0 aromatic heterocycles. The summed E-state index contributed by atoms with van der Waals surface area (Å²) in [5.74, 6) is 0.221. The van der Waals surface area contributed by atoms with Gasteiger partial charge in [0, 0.05) is 12.6 Å². The highest BCUT2D eigenvalue weighted by molar-refractivity contribution is 5.39. The molecule has 0 radical (unpaired) electrons. The number of aromatic hydroxyl groups is 2. The Morgan fingerprint density at radius 1 is 0.833 bits per heavy atom. The Balaban J connectivity index is 2.11. The number of benzene rings is 2. The van der Waals surface area contributed by atoms with Gasteiger partial charge in [0.05, 0.1) is 0 Å². The Labute approximate surface area is 107 Å². The fourth-order valence-electron chi connectivity index (χ4n) is 2.03. The van der Waals surface area contributed by atoms with Crippen LogP contribution in [-0.2, 0) is 19.4 Å². The van der Waals surface area contributed by atoms with Crippen LogP contribution in [0.25, 0.3) is 0 Å². The Bertz CT molecular complexity index is 538. The van der Waals surface area contributed by atoms with Crippen molar-refractivity contribution in [2.45, 2.75) is 19.4 Å². The number of hydrogen-bond acceptors (Lipinski definition) is 3. The minimum absolute atomic E-state index is 0.0820. The molecule has 0 atom stereocenters. The van der Waals surface area contributed by atoms with E-state index in [1.54, 1.807) is 12.1 Å². The third kappa shape index (κ3) is 2.81. The largest absolute Gasteiger partial charge is 0.508 e. The molecule has 3 heteroatoms. The third-order valence-corrected chi connectivity index (χ3v) is 3.07. The van der Waals surface area contributed by atoms with E-state index in [0.717, 1.165) is 24.0 Å². The van der Waals surface area contributed by atoms with E-state index in [0.29, 0.717) is 6.54 Å². The molecular weight excluding hydrogens is 226 g/mol. The van der Waals surface area contributed by atoms with E-state index in [1.165, 1.54) is 11.6 Å². The van der Waals surface area contributed by atoms with Crippen LogP contribution in [0, 0.1) is 0 Å². The first-order valence-electron chi connectivity index (χ1n) is 5.98. The van der Waals surface area contributed by atoms with Crippen LogP contribution in [0.15, 0.2) is 42.5 Å². The van der Waals surface area contributed by atoms with Crippen molar-refractivity contribution in [3.05, 3.63) is 59.2 Å². The molecule has 0 amide bonds. The number of phenolic OH excluding ortho intramolecular Hbond substituents is 2. The molecule has 0 aliphatic carbocycles. The maximum atomic E-state index is 9.71. The Kier molecular flexibility index (Phi) is 3.85. The van der Waals surface area contributed by atoms with E-state index >= 15 is 0 Å². The first kappa shape index (κ1) is 12.5. The number of aryl methyl sites for hydroxylation is 2. The molecule has 0 heterocycles.